The van der Waals surface area contributed by atoms with Crippen LogP contribution in [0.5, 0.6) is 0 Å². The van der Waals surface area contributed by atoms with Crippen LogP contribution in [0.15, 0.2) is 12.1 Å². The number of aromatic nitrogens is 1. The minimum Gasteiger partial charge on any atom is -0.356 e. The molecular weight excluding hydrogens is 278 g/mol. The second-order valence-corrected chi connectivity index (χ2v) is 7.93. The summed E-state index contributed by atoms with van der Waals surface area (Å²) in [7, 11) is 0. The van der Waals surface area contributed by atoms with E-state index >= 15 is 0 Å². The lowest BCUT2D eigenvalue weighted by molar-refractivity contribution is 0.565. The third-order valence-corrected chi connectivity index (χ3v) is 4.81. The van der Waals surface area contributed by atoms with Crippen molar-refractivity contribution in [3.05, 3.63) is 23.4 Å². The molecule has 4 heteroatoms. The number of pyridine rings is 1. The summed E-state index contributed by atoms with van der Waals surface area (Å²) in [5.41, 5.74) is 2.64. The van der Waals surface area contributed by atoms with Crippen LogP contribution in [-0.4, -0.2) is 36.1 Å². The van der Waals surface area contributed by atoms with Crippen molar-refractivity contribution < 1.29 is 0 Å². The van der Waals surface area contributed by atoms with Gasteiger partial charge in [0.05, 0.1) is 0 Å². The van der Waals surface area contributed by atoms with Crippen LogP contribution < -0.4 is 10.2 Å². The molecule has 0 bridgehead atoms. The Hall–Kier alpha value is -0.740. The Balaban J connectivity index is 2.29. The van der Waals surface area contributed by atoms with Crippen molar-refractivity contribution in [2.24, 2.45) is 0 Å². The van der Waals surface area contributed by atoms with E-state index in [4.69, 9.17) is 4.98 Å². The molecular formula is C17H29N3S. The maximum Gasteiger partial charge on any atom is 0.129 e. The van der Waals surface area contributed by atoms with Crippen molar-refractivity contribution in [3.63, 3.8) is 0 Å². The summed E-state index contributed by atoms with van der Waals surface area (Å²) < 4.78 is 0. The fraction of sp³-hybridized carbons (Fsp3) is 0.706. The Kier molecular flexibility index (Phi) is 5.94. The van der Waals surface area contributed by atoms with E-state index in [9.17, 15) is 0 Å². The first-order chi connectivity index (χ1) is 10.0. The maximum atomic E-state index is 4.97. The fourth-order valence-electron chi connectivity index (χ4n) is 2.46. The van der Waals surface area contributed by atoms with Crippen LogP contribution in [0, 0.1) is 0 Å². The van der Waals surface area contributed by atoms with Crippen LogP contribution in [0.25, 0.3) is 0 Å². The lowest BCUT2D eigenvalue weighted by Gasteiger charge is -2.26. The average Bonchev–Trinajstić information content (AvgIpc) is 2.73. The van der Waals surface area contributed by atoms with Gasteiger partial charge in [-0.05, 0) is 36.4 Å². The molecule has 1 aliphatic rings. The number of hydrogen-bond donors (Lipinski definition) is 1. The highest BCUT2D eigenvalue weighted by Crippen LogP contribution is 2.26. The van der Waals surface area contributed by atoms with Gasteiger partial charge in [-0.1, -0.05) is 27.7 Å². The van der Waals surface area contributed by atoms with E-state index in [0.29, 0.717) is 0 Å². The third-order valence-electron chi connectivity index (χ3n) is 3.77. The zero-order valence-electron chi connectivity index (χ0n) is 13.9. The number of anilines is 1. The zero-order chi connectivity index (χ0) is 15.3. The monoisotopic (exact) mass is 307 g/mol. The quantitative estimate of drug-likeness (QED) is 0.922. The highest BCUT2D eigenvalue weighted by Gasteiger charge is 2.19. The standard InChI is InChI=1S/C17H29N3S/c1-5-18-13-14-11-15(17(2,3)4)19-16(12-14)20-7-6-9-21-10-8-20/h11-12,18H,5-10,13H2,1-4H3. The Labute approximate surface area is 133 Å². The van der Waals surface area contributed by atoms with Crippen molar-refractivity contribution in [3.8, 4) is 0 Å². The number of nitrogens with zero attached hydrogens (tertiary/aromatic N) is 2. The first-order valence-corrected chi connectivity index (χ1v) is 9.21. The second kappa shape index (κ2) is 7.50. The molecule has 0 aromatic carbocycles. The van der Waals surface area contributed by atoms with E-state index in [1.165, 1.54) is 29.2 Å². The second-order valence-electron chi connectivity index (χ2n) is 6.70. The van der Waals surface area contributed by atoms with Crippen molar-refractivity contribution >= 4 is 17.6 Å². The van der Waals surface area contributed by atoms with Crippen LogP contribution in [0.1, 0.15) is 45.4 Å². The van der Waals surface area contributed by atoms with Gasteiger partial charge in [0.2, 0.25) is 0 Å². The van der Waals surface area contributed by atoms with Gasteiger partial charge in [0.15, 0.2) is 0 Å². The third kappa shape index (κ3) is 4.89. The molecule has 0 radical (unpaired) electrons. The molecule has 0 atom stereocenters. The lowest BCUT2D eigenvalue weighted by atomic mass is 9.90. The van der Waals surface area contributed by atoms with E-state index in [1.54, 1.807) is 0 Å². The zero-order valence-corrected chi connectivity index (χ0v) is 14.7. The first kappa shape index (κ1) is 16.6. The van der Waals surface area contributed by atoms with Gasteiger partial charge in [-0.3, -0.25) is 0 Å². The van der Waals surface area contributed by atoms with Gasteiger partial charge in [-0.25, -0.2) is 4.98 Å². The smallest absolute Gasteiger partial charge is 0.129 e. The SMILES string of the molecule is CCNCc1cc(N2CCCSCC2)nc(C(C)(C)C)c1. The molecule has 21 heavy (non-hydrogen) atoms. The van der Waals surface area contributed by atoms with E-state index < -0.39 is 0 Å². The molecule has 1 aliphatic heterocycles. The van der Waals surface area contributed by atoms with Crippen LogP contribution in [0.4, 0.5) is 5.82 Å². The molecule has 1 saturated heterocycles. The number of rotatable bonds is 4. The van der Waals surface area contributed by atoms with Crippen molar-refractivity contribution in [2.75, 3.05) is 36.0 Å². The van der Waals surface area contributed by atoms with Crippen LogP contribution >= 0.6 is 11.8 Å². The van der Waals surface area contributed by atoms with Gasteiger partial charge in [-0.15, -0.1) is 0 Å². The molecule has 118 valence electrons. The van der Waals surface area contributed by atoms with Gasteiger partial charge < -0.3 is 10.2 Å². The van der Waals surface area contributed by atoms with Crippen LogP contribution in [-0.2, 0) is 12.0 Å². The molecule has 3 nitrogen and oxygen atoms in total. The van der Waals surface area contributed by atoms with E-state index in [-0.39, 0.29) is 5.41 Å². The normalized spacial score (nSPS) is 16.9. The van der Waals surface area contributed by atoms with Crippen LogP contribution in [0.3, 0.4) is 0 Å². The van der Waals surface area contributed by atoms with Gasteiger partial charge in [0.1, 0.15) is 5.82 Å². The van der Waals surface area contributed by atoms with Crippen molar-refractivity contribution in [1.29, 1.82) is 0 Å². The summed E-state index contributed by atoms with van der Waals surface area (Å²) in [5.74, 6) is 3.65. The first-order valence-electron chi connectivity index (χ1n) is 8.05. The molecule has 0 spiro atoms. The molecule has 0 amide bonds. The van der Waals surface area contributed by atoms with Crippen molar-refractivity contribution in [1.82, 2.24) is 10.3 Å². The van der Waals surface area contributed by atoms with Crippen molar-refractivity contribution in [2.45, 2.75) is 46.1 Å². The summed E-state index contributed by atoms with van der Waals surface area (Å²) in [5, 5.41) is 3.44. The number of hydrogen-bond acceptors (Lipinski definition) is 4. The minimum absolute atomic E-state index is 0.0948. The van der Waals surface area contributed by atoms with Gasteiger partial charge in [-0.2, -0.15) is 11.8 Å². The van der Waals surface area contributed by atoms with E-state index in [1.807, 2.05) is 0 Å². The highest BCUT2D eigenvalue weighted by molar-refractivity contribution is 7.99. The summed E-state index contributed by atoms with van der Waals surface area (Å²) in [6.07, 6.45) is 1.26. The molecule has 0 aliphatic carbocycles. The molecule has 1 N–H and O–H groups in total. The molecule has 2 rings (SSSR count). The predicted octanol–water partition coefficient (Wildman–Crippen LogP) is 3.43. The largest absolute Gasteiger partial charge is 0.356 e. The summed E-state index contributed by atoms with van der Waals surface area (Å²) in [6, 6.07) is 4.53. The average molecular weight is 308 g/mol. The molecule has 2 heterocycles. The number of nitrogens with one attached hydrogen (secondary N) is 1. The van der Waals surface area contributed by atoms with Gasteiger partial charge in [0, 0.05) is 36.5 Å². The number of thioether (sulfide) groups is 1. The Morgan fingerprint density at radius 2 is 2.05 bits per heavy atom. The Bertz CT molecular complexity index is 446. The molecule has 0 saturated carbocycles. The highest BCUT2D eigenvalue weighted by atomic mass is 32.2. The topological polar surface area (TPSA) is 28.2 Å². The summed E-state index contributed by atoms with van der Waals surface area (Å²) >= 11 is 2.06. The van der Waals surface area contributed by atoms with Crippen LogP contribution in [0.2, 0.25) is 0 Å². The molecule has 1 aromatic rings. The summed E-state index contributed by atoms with van der Waals surface area (Å²) in [6.45, 7) is 13.1. The molecule has 1 fully saturated rings. The molecule has 0 unspecified atom stereocenters. The Morgan fingerprint density at radius 3 is 2.76 bits per heavy atom. The van der Waals surface area contributed by atoms with E-state index in [0.717, 1.165) is 32.0 Å². The predicted molar refractivity (Wildman–Crippen MR) is 94.5 cm³/mol. The molecule has 1 aromatic heterocycles. The van der Waals surface area contributed by atoms with Gasteiger partial charge >= 0.3 is 0 Å². The lowest BCUT2D eigenvalue weighted by Crippen LogP contribution is -2.28. The fourth-order valence-corrected chi connectivity index (χ4v) is 3.35. The minimum atomic E-state index is 0.0948. The maximum absolute atomic E-state index is 4.97. The van der Waals surface area contributed by atoms with Gasteiger partial charge in [0.25, 0.3) is 0 Å². The summed E-state index contributed by atoms with van der Waals surface area (Å²) in [4.78, 5) is 7.43. The van der Waals surface area contributed by atoms with E-state index in [2.05, 4.69) is 61.8 Å². The Morgan fingerprint density at radius 1 is 1.24 bits per heavy atom.